The molecule has 1 unspecified atom stereocenters. The number of hydrogen-bond donors (Lipinski definition) is 1. The van der Waals surface area contributed by atoms with Gasteiger partial charge in [0.15, 0.2) is 0 Å². The van der Waals surface area contributed by atoms with Crippen LogP contribution in [0.5, 0.6) is 5.75 Å². The molecule has 1 aromatic carbocycles. The van der Waals surface area contributed by atoms with Crippen molar-refractivity contribution in [3.63, 3.8) is 0 Å². The van der Waals surface area contributed by atoms with Crippen molar-refractivity contribution in [1.82, 2.24) is 0 Å². The molecule has 0 aliphatic carbocycles. The number of aliphatic hydroxyl groups is 1. The van der Waals surface area contributed by atoms with Crippen LogP contribution in [-0.2, 0) is 0 Å². The Morgan fingerprint density at radius 3 is 2.93 bits per heavy atom. The Hall–Kier alpha value is -0.540. The summed E-state index contributed by atoms with van der Waals surface area (Å²) in [6.45, 7) is 4.64. The molecule has 1 N–H and O–H groups in total. The lowest BCUT2D eigenvalue weighted by Gasteiger charge is -2.25. The van der Waals surface area contributed by atoms with Gasteiger partial charge < -0.3 is 9.84 Å². The first-order valence-electron chi connectivity index (χ1n) is 4.71. The van der Waals surface area contributed by atoms with E-state index in [4.69, 9.17) is 4.74 Å². The number of benzene rings is 1. The van der Waals surface area contributed by atoms with E-state index in [1.165, 1.54) is 0 Å². The molecule has 0 radical (unpaired) electrons. The van der Waals surface area contributed by atoms with Crippen molar-refractivity contribution in [2.24, 2.45) is 0 Å². The number of hydrogen-bond acceptors (Lipinski definition) is 2. The van der Waals surface area contributed by atoms with Crippen LogP contribution in [0.25, 0.3) is 0 Å². The molecule has 1 aliphatic heterocycles. The minimum atomic E-state index is -0.379. The molecule has 76 valence electrons. The van der Waals surface area contributed by atoms with Crippen LogP contribution in [0.4, 0.5) is 0 Å². The molecule has 1 heterocycles. The van der Waals surface area contributed by atoms with Gasteiger partial charge in [0.1, 0.15) is 5.75 Å². The Kier molecular flexibility index (Phi) is 2.54. The molecule has 1 aliphatic rings. The maximum Gasteiger partial charge on any atom is 0.125 e. The van der Waals surface area contributed by atoms with E-state index in [1.807, 2.05) is 19.9 Å². The van der Waals surface area contributed by atoms with Crippen LogP contribution in [-0.4, -0.2) is 11.7 Å². The second kappa shape index (κ2) is 3.55. The van der Waals surface area contributed by atoms with Gasteiger partial charge in [0.2, 0.25) is 0 Å². The molecule has 0 amide bonds. The molecule has 0 saturated carbocycles. The number of fused-ring (bicyclic) bond motifs is 1. The summed E-state index contributed by atoms with van der Waals surface area (Å²) in [5.41, 5.74) is 3.18. The minimum Gasteiger partial charge on any atom is -0.493 e. The van der Waals surface area contributed by atoms with Crippen LogP contribution in [0.15, 0.2) is 10.5 Å². The second-order valence-corrected chi connectivity index (χ2v) is 4.49. The number of ether oxygens (including phenoxy) is 1. The third-order valence-corrected chi connectivity index (χ3v) is 3.89. The van der Waals surface area contributed by atoms with Gasteiger partial charge in [0.05, 0.1) is 12.7 Å². The van der Waals surface area contributed by atoms with Gasteiger partial charge in [-0.3, -0.25) is 0 Å². The normalized spacial score (nSPS) is 20.1. The molecular formula is C11H13BrO2. The smallest absolute Gasteiger partial charge is 0.125 e. The minimum absolute atomic E-state index is 0.379. The molecule has 0 aromatic heterocycles. The third-order valence-electron chi connectivity index (χ3n) is 2.67. The second-order valence-electron chi connectivity index (χ2n) is 3.70. The molecule has 0 saturated heterocycles. The molecule has 1 aromatic rings. The fourth-order valence-corrected chi connectivity index (χ4v) is 2.22. The van der Waals surface area contributed by atoms with Crippen molar-refractivity contribution < 1.29 is 9.84 Å². The van der Waals surface area contributed by atoms with E-state index in [1.54, 1.807) is 0 Å². The van der Waals surface area contributed by atoms with E-state index in [9.17, 15) is 5.11 Å². The highest BCUT2D eigenvalue weighted by Crippen LogP contribution is 2.39. The quantitative estimate of drug-likeness (QED) is 0.774. The van der Waals surface area contributed by atoms with Crippen LogP contribution >= 0.6 is 15.9 Å². The van der Waals surface area contributed by atoms with E-state index in [0.29, 0.717) is 13.0 Å². The highest BCUT2D eigenvalue weighted by Gasteiger charge is 2.23. The lowest BCUT2D eigenvalue weighted by molar-refractivity contribution is 0.114. The molecule has 0 spiro atoms. The zero-order chi connectivity index (χ0) is 10.3. The summed E-state index contributed by atoms with van der Waals surface area (Å²) in [7, 11) is 0. The molecule has 2 rings (SSSR count). The Morgan fingerprint density at radius 1 is 1.50 bits per heavy atom. The summed E-state index contributed by atoms with van der Waals surface area (Å²) in [6, 6.07) is 1.98. The highest BCUT2D eigenvalue weighted by atomic mass is 79.9. The summed E-state index contributed by atoms with van der Waals surface area (Å²) < 4.78 is 6.60. The summed E-state index contributed by atoms with van der Waals surface area (Å²) >= 11 is 3.52. The van der Waals surface area contributed by atoms with Crippen molar-refractivity contribution in [3.05, 3.63) is 27.2 Å². The van der Waals surface area contributed by atoms with E-state index < -0.39 is 0 Å². The zero-order valence-corrected chi connectivity index (χ0v) is 9.89. The van der Waals surface area contributed by atoms with Crippen LogP contribution in [0.3, 0.4) is 0 Å². The monoisotopic (exact) mass is 256 g/mol. The predicted octanol–water partition coefficient (Wildman–Crippen LogP) is 2.88. The number of aliphatic hydroxyl groups excluding tert-OH is 1. The molecule has 0 fully saturated rings. The first-order chi connectivity index (χ1) is 6.61. The van der Waals surface area contributed by atoms with Gasteiger partial charge in [0, 0.05) is 16.5 Å². The van der Waals surface area contributed by atoms with Gasteiger partial charge in [-0.25, -0.2) is 0 Å². The summed E-state index contributed by atoms with van der Waals surface area (Å²) in [5.74, 6) is 0.835. The Labute approximate surface area is 92.0 Å². The van der Waals surface area contributed by atoms with Crippen LogP contribution in [0.1, 0.15) is 29.2 Å². The number of aryl methyl sites for hydroxylation is 1. The Morgan fingerprint density at radius 2 is 2.21 bits per heavy atom. The fourth-order valence-electron chi connectivity index (χ4n) is 1.89. The van der Waals surface area contributed by atoms with Crippen molar-refractivity contribution in [2.45, 2.75) is 26.4 Å². The number of halogens is 1. The van der Waals surface area contributed by atoms with Crippen LogP contribution in [0.2, 0.25) is 0 Å². The maximum absolute atomic E-state index is 9.86. The average Bonchev–Trinajstić information content (AvgIpc) is 2.14. The third kappa shape index (κ3) is 1.44. The van der Waals surface area contributed by atoms with Crippen molar-refractivity contribution in [3.8, 4) is 5.75 Å². The van der Waals surface area contributed by atoms with E-state index in [-0.39, 0.29) is 6.10 Å². The summed E-state index contributed by atoms with van der Waals surface area (Å²) in [5, 5.41) is 9.86. The lowest BCUT2D eigenvalue weighted by Crippen LogP contribution is -2.15. The average molecular weight is 257 g/mol. The SMILES string of the molecule is Cc1cc2c(c(C)c1Br)C(O)CCO2. The molecule has 3 heteroatoms. The fraction of sp³-hybridized carbons (Fsp3) is 0.455. The predicted molar refractivity (Wildman–Crippen MR) is 58.7 cm³/mol. The zero-order valence-electron chi connectivity index (χ0n) is 8.30. The Balaban J connectivity index is 2.64. The first kappa shape index (κ1) is 9.99. The molecule has 0 bridgehead atoms. The van der Waals surface area contributed by atoms with Crippen molar-refractivity contribution in [1.29, 1.82) is 0 Å². The van der Waals surface area contributed by atoms with Gasteiger partial charge in [0.25, 0.3) is 0 Å². The first-order valence-corrected chi connectivity index (χ1v) is 5.51. The number of rotatable bonds is 0. The van der Waals surface area contributed by atoms with Crippen LogP contribution < -0.4 is 4.74 Å². The lowest BCUT2D eigenvalue weighted by atomic mass is 9.96. The van der Waals surface area contributed by atoms with Crippen molar-refractivity contribution >= 4 is 15.9 Å². The van der Waals surface area contributed by atoms with E-state index in [2.05, 4.69) is 15.9 Å². The summed E-state index contributed by atoms with van der Waals surface area (Å²) in [4.78, 5) is 0. The Bertz CT molecular complexity index is 374. The van der Waals surface area contributed by atoms with Gasteiger partial charge in [-0.2, -0.15) is 0 Å². The van der Waals surface area contributed by atoms with E-state index in [0.717, 1.165) is 26.9 Å². The molecule has 1 atom stereocenters. The molecule has 2 nitrogen and oxygen atoms in total. The van der Waals surface area contributed by atoms with Gasteiger partial charge in [-0.15, -0.1) is 0 Å². The standard InChI is InChI=1S/C11H13BrO2/c1-6-5-9-10(7(2)11(6)12)8(13)3-4-14-9/h5,8,13H,3-4H2,1-2H3. The highest BCUT2D eigenvalue weighted by molar-refractivity contribution is 9.10. The van der Waals surface area contributed by atoms with Crippen LogP contribution in [0, 0.1) is 13.8 Å². The molecule has 14 heavy (non-hydrogen) atoms. The molecular weight excluding hydrogens is 244 g/mol. The largest absolute Gasteiger partial charge is 0.493 e. The van der Waals surface area contributed by atoms with E-state index >= 15 is 0 Å². The maximum atomic E-state index is 9.86. The van der Waals surface area contributed by atoms with Gasteiger partial charge in [-0.1, -0.05) is 15.9 Å². The van der Waals surface area contributed by atoms with Gasteiger partial charge in [-0.05, 0) is 31.0 Å². The van der Waals surface area contributed by atoms with Gasteiger partial charge >= 0.3 is 0 Å². The van der Waals surface area contributed by atoms with Crippen molar-refractivity contribution in [2.75, 3.05) is 6.61 Å². The topological polar surface area (TPSA) is 29.5 Å². The summed E-state index contributed by atoms with van der Waals surface area (Å²) in [6.07, 6.45) is 0.305.